The number of benzene rings is 2. The van der Waals surface area contributed by atoms with Crippen molar-refractivity contribution in [3.8, 4) is 0 Å². The molecule has 2 aromatic rings. The van der Waals surface area contributed by atoms with Gasteiger partial charge in [0, 0.05) is 12.2 Å². The molecule has 0 unspecified atom stereocenters. The number of anilines is 1. The molecule has 2 rings (SSSR count). The Morgan fingerprint density at radius 1 is 1.17 bits per heavy atom. The van der Waals surface area contributed by atoms with Gasteiger partial charge in [-0.2, -0.15) is 0 Å². The number of urea groups is 1. The minimum atomic E-state index is -0.431. The second-order valence-electron chi connectivity index (χ2n) is 5.24. The summed E-state index contributed by atoms with van der Waals surface area (Å²) in [6, 6.07) is 10.9. The molecule has 0 aliphatic rings. The fourth-order valence-electron chi connectivity index (χ4n) is 2.23. The molecule has 0 fully saturated rings. The Labute approximate surface area is 139 Å². The van der Waals surface area contributed by atoms with E-state index in [-0.39, 0.29) is 11.8 Å². The number of carbonyl (C=O) groups is 2. The molecule has 0 aliphatic heterocycles. The summed E-state index contributed by atoms with van der Waals surface area (Å²) >= 11 is 0. The minimum absolute atomic E-state index is 0.283. The summed E-state index contributed by atoms with van der Waals surface area (Å²) in [5.41, 5.74) is 2.30. The van der Waals surface area contributed by atoms with Crippen molar-refractivity contribution in [2.45, 2.75) is 13.3 Å². The highest BCUT2D eigenvalue weighted by Gasteiger charge is 2.09. The van der Waals surface area contributed by atoms with Gasteiger partial charge in [0.05, 0.1) is 12.7 Å². The number of hydrogen-bond donors (Lipinski definition) is 2. The fourth-order valence-corrected chi connectivity index (χ4v) is 2.23. The van der Waals surface area contributed by atoms with Gasteiger partial charge in [0.15, 0.2) is 0 Å². The van der Waals surface area contributed by atoms with E-state index in [1.165, 1.54) is 13.2 Å². The molecule has 0 aliphatic carbocycles. The van der Waals surface area contributed by atoms with Crippen LogP contribution in [0.3, 0.4) is 0 Å². The van der Waals surface area contributed by atoms with Gasteiger partial charge >= 0.3 is 12.0 Å². The number of ether oxygens (including phenoxy) is 1. The minimum Gasteiger partial charge on any atom is -0.465 e. The second kappa shape index (κ2) is 8.10. The Morgan fingerprint density at radius 3 is 2.58 bits per heavy atom. The number of amides is 2. The number of esters is 1. The van der Waals surface area contributed by atoms with Crippen LogP contribution in [0.1, 0.15) is 21.5 Å². The van der Waals surface area contributed by atoms with Crippen LogP contribution in [0.4, 0.5) is 14.9 Å². The van der Waals surface area contributed by atoms with Gasteiger partial charge in [-0.15, -0.1) is 0 Å². The van der Waals surface area contributed by atoms with Crippen molar-refractivity contribution in [2.24, 2.45) is 0 Å². The summed E-state index contributed by atoms with van der Waals surface area (Å²) in [5, 5.41) is 5.37. The molecule has 0 aromatic heterocycles. The maximum absolute atomic E-state index is 13.5. The predicted molar refractivity (Wildman–Crippen MR) is 89.6 cm³/mol. The van der Waals surface area contributed by atoms with E-state index < -0.39 is 5.97 Å². The van der Waals surface area contributed by atoms with Crippen LogP contribution in [-0.4, -0.2) is 25.7 Å². The average molecular weight is 330 g/mol. The molecule has 0 atom stereocenters. The Bertz CT molecular complexity index is 747. The zero-order valence-electron chi connectivity index (χ0n) is 13.6. The lowest BCUT2D eigenvalue weighted by Crippen LogP contribution is -2.30. The number of carbonyl (C=O) groups excluding carboxylic acids is 2. The summed E-state index contributed by atoms with van der Waals surface area (Å²) < 4.78 is 18.1. The normalized spacial score (nSPS) is 10.1. The Hall–Kier alpha value is -2.89. The third kappa shape index (κ3) is 4.55. The van der Waals surface area contributed by atoms with Crippen LogP contribution in [0, 0.1) is 12.7 Å². The van der Waals surface area contributed by atoms with E-state index in [4.69, 9.17) is 0 Å². The first-order chi connectivity index (χ1) is 11.5. The molecular formula is C18H19FN2O3. The largest absolute Gasteiger partial charge is 0.465 e. The van der Waals surface area contributed by atoms with Crippen molar-refractivity contribution in [1.29, 1.82) is 0 Å². The number of aryl methyl sites for hydroxylation is 1. The first-order valence-electron chi connectivity index (χ1n) is 7.48. The monoisotopic (exact) mass is 330 g/mol. The molecule has 0 heterocycles. The number of nitrogens with one attached hydrogen (secondary N) is 2. The Kier molecular flexibility index (Phi) is 5.89. The molecule has 2 N–H and O–H groups in total. The molecule has 126 valence electrons. The van der Waals surface area contributed by atoms with Crippen molar-refractivity contribution in [3.05, 3.63) is 65.0 Å². The summed E-state index contributed by atoms with van der Waals surface area (Å²) in [5.74, 6) is -0.715. The van der Waals surface area contributed by atoms with E-state index in [2.05, 4.69) is 15.4 Å². The highest BCUT2D eigenvalue weighted by atomic mass is 19.1. The molecule has 2 amide bonds. The van der Waals surface area contributed by atoms with Crippen molar-refractivity contribution in [3.63, 3.8) is 0 Å². The van der Waals surface area contributed by atoms with Gasteiger partial charge < -0.3 is 15.4 Å². The van der Waals surface area contributed by atoms with E-state index >= 15 is 0 Å². The highest BCUT2D eigenvalue weighted by Crippen LogP contribution is 2.17. The predicted octanol–water partition coefficient (Wildman–Crippen LogP) is 3.28. The summed E-state index contributed by atoms with van der Waals surface area (Å²) in [6.07, 6.45) is 0.403. The van der Waals surface area contributed by atoms with Gasteiger partial charge in [-0.25, -0.2) is 14.0 Å². The standard InChI is InChI=1S/C18H19FN2O3/c1-12-11-14(17(22)24-2)7-8-16(12)21-18(23)20-10-9-13-5-3-4-6-15(13)19/h3-8,11H,9-10H2,1-2H3,(H2,20,21,23). The molecule has 0 spiro atoms. The smallest absolute Gasteiger partial charge is 0.337 e. The van der Waals surface area contributed by atoms with Crippen LogP contribution >= 0.6 is 0 Å². The number of methoxy groups -OCH3 is 1. The van der Waals surface area contributed by atoms with E-state index in [1.54, 1.807) is 43.3 Å². The second-order valence-corrected chi connectivity index (χ2v) is 5.24. The van der Waals surface area contributed by atoms with Crippen LogP contribution in [0.25, 0.3) is 0 Å². The van der Waals surface area contributed by atoms with E-state index in [1.807, 2.05) is 0 Å². The third-order valence-electron chi connectivity index (χ3n) is 3.53. The van der Waals surface area contributed by atoms with Crippen LogP contribution < -0.4 is 10.6 Å². The highest BCUT2D eigenvalue weighted by molar-refractivity contribution is 5.93. The topological polar surface area (TPSA) is 67.4 Å². The SMILES string of the molecule is COC(=O)c1ccc(NC(=O)NCCc2ccccc2F)c(C)c1. The lowest BCUT2D eigenvalue weighted by molar-refractivity contribution is 0.0600. The summed E-state index contributed by atoms with van der Waals surface area (Å²) in [7, 11) is 1.31. The molecular weight excluding hydrogens is 311 g/mol. The molecule has 5 nitrogen and oxygen atoms in total. The first-order valence-corrected chi connectivity index (χ1v) is 7.48. The van der Waals surface area contributed by atoms with Gasteiger partial charge in [0.25, 0.3) is 0 Å². The lowest BCUT2D eigenvalue weighted by Gasteiger charge is -2.11. The van der Waals surface area contributed by atoms with Crippen molar-refractivity contribution in [1.82, 2.24) is 5.32 Å². The first kappa shape index (κ1) is 17.5. The fraction of sp³-hybridized carbons (Fsp3) is 0.222. The van der Waals surface area contributed by atoms with Gasteiger partial charge in [-0.1, -0.05) is 18.2 Å². The molecule has 0 saturated heterocycles. The summed E-state index contributed by atoms with van der Waals surface area (Å²) in [4.78, 5) is 23.4. The van der Waals surface area contributed by atoms with Crippen LogP contribution in [0.5, 0.6) is 0 Å². The number of rotatable bonds is 5. The molecule has 0 bridgehead atoms. The zero-order chi connectivity index (χ0) is 17.5. The van der Waals surface area contributed by atoms with Gasteiger partial charge in [-0.05, 0) is 48.7 Å². The zero-order valence-corrected chi connectivity index (χ0v) is 13.6. The van der Waals surface area contributed by atoms with Crippen molar-refractivity contribution < 1.29 is 18.7 Å². The summed E-state index contributed by atoms with van der Waals surface area (Å²) in [6.45, 7) is 2.09. The van der Waals surface area contributed by atoms with Crippen LogP contribution in [0.15, 0.2) is 42.5 Å². The maximum Gasteiger partial charge on any atom is 0.337 e. The molecule has 24 heavy (non-hydrogen) atoms. The lowest BCUT2D eigenvalue weighted by atomic mass is 10.1. The molecule has 0 saturated carbocycles. The van der Waals surface area contributed by atoms with E-state index in [0.29, 0.717) is 29.8 Å². The maximum atomic E-state index is 13.5. The van der Waals surface area contributed by atoms with E-state index in [9.17, 15) is 14.0 Å². The molecule has 2 aromatic carbocycles. The third-order valence-corrected chi connectivity index (χ3v) is 3.53. The van der Waals surface area contributed by atoms with Crippen molar-refractivity contribution in [2.75, 3.05) is 19.0 Å². The van der Waals surface area contributed by atoms with Gasteiger partial charge in [-0.3, -0.25) is 0 Å². The van der Waals surface area contributed by atoms with Crippen LogP contribution in [-0.2, 0) is 11.2 Å². The molecule has 0 radical (unpaired) electrons. The Morgan fingerprint density at radius 2 is 1.92 bits per heavy atom. The number of halogens is 1. The van der Waals surface area contributed by atoms with E-state index in [0.717, 1.165) is 5.56 Å². The Balaban J connectivity index is 1.88. The number of hydrogen-bond acceptors (Lipinski definition) is 3. The van der Waals surface area contributed by atoms with Crippen molar-refractivity contribution >= 4 is 17.7 Å². The van der Waals surface area contributed by atoms with Gasteiger partial charge in [0.2, 0.25) is 0 Å². The average Bonchev–Trinajstić information content (AvgIpc) is 2.57. The van der Waals surface area contributed by atoms with Gasteiger partial charge in [0.1, 0.15) is 5.82 Å². The quantitative estimate of drug-likeness (QED) is 0.827. The molecule has 6 heteroatoms. The van der Waals surface area contributed by atoms with Crippen LogP contribution in [0.2, 0.25) is 0 Å².